The summed E-state index contributed by atoms with van der Waals surface area (Å²) in [6.07, 6.45) is 5.90. The maximum absolute atomic E-state index is 12.6. The van der Waals surface area contributed by atoms with E-state index in [1.807, 2.05) is 29.2 Å². The van der Waals surface area contributed by atoms with Gasteiger partial charge in [-0.1, -0.05) is 42.5 Å². The molecule has 5 nitrogen and oxygen atoms in total. The molecule has 1 heterocycles. The Bertz CT molecular complexity index is 872. The van der Waals surface area contributed by atoms with Gasteiger partial charge in [-0.2, -0.15) is 0 Å². The Balaban J connectivity index is 0.00000272. The van der Waals surface area contributed by atoms with Gasteiger partial charge in [0, 0.05) is 44.2 Å². The predicted octanol–water partition coefficient (Wildman–Crippen LogP) is 4.33. The number of benzene rings is 2. The van der Waals surface area contributed by atoms with E-state index in [1.54, 1.807) is 7.05 Å². The number of hydrogen-bond acceptors (Lipinski definition) is 2. The summed E-state index contributed by atoms with van der Waals surface area (Å²) < 4.78 is 0. The lowest BCUT2D eigenvalue weighted by Gasteiger charge is -2.26. The Kier molecular flexibility index (Phi) is 8.35. The summed E-state index contributed by atoms with van der Waals surface area (Å²) in [5, 5.41) is 6.88. The minimum Gasteiger partial charge on any atom is -0.356 e. The fraction of sp³-hybridized carbons (Fsp3) is 0.440. The molecular weight excluding hydrogens is 499 g/mol. The Labute approximate surface area is 202 Å². The molecule has 166 valence electrons. The minimum atomic E-state index is 0. The van der Waals surface area contributed by atoms with Crippen molar-refractivity contribution >= 4 is 35.8 Å². The number of likely N-dealkylation sites (tertiary alicyclic amines) is 1. The summed E-state index contributed by atoms with van der Waals surface area (Å²) in [5.41, 5.74) is 3.57. The largest absolute Gasteiger partial charge is 0.356 e. The first-order valence-electron chi connectivity index (χ1n) is 11.1. The number of carbonyl (C=O) groups is 1. The van der Waals surface area contributed by atoms with Crippen molar-refractivity contribution < 1.29 is 4.79 Å². The molecule has 0 atom stereocenters. The third-order valence-electron chi connectivity index (χ3n) is 6.36. The van der Waals surface area contributed by atoms with Crippen LogP contribution in [0, 0.1) is 0 Å². The van der Waals surface area contributed by atoms with Crippen molar-refractivity contribution in [2.24, 2.45) is 4.99 Å². The smallest absolute Gasteiger partial charge is 0.253 e. The summed E-state index contributed by atoms with van der Waals surface area (Å²) in [7, 11) is 1.80. The van der Waals surface area contributed by atoms with Gasteiger partial charge in [0.25, 0.3) is 5.91 Å². The van der Waals surface area contributed by atoms with Gasteiger partial charge in [0.2, 0.25) is 0 Å². The molecule has 0 unspecified atom stereocenters. The van der Waals surface area contributed by atoms with Gasteiger partial charge in [-0.3, -0.25) is 9.79 Å². The van der Waals surface area contributed by atoms with Gasteiger partial charge in [0.1, 0.15) is 0 Å². The number of amides is 1. The summed E-state index contributed by atoms with van der Waals surface area (Å²) in [6, 6.07) is 18.7. The van der Waals surface area contributed by atoms with Crippen LogP contribution in [0.4, 0.5) is 0 Å². The number of hydrogen-bond donors (Lipinski definition) is 2. The lowest BCUT2D eigenvalue weighted by Crippen LogP contribution is -2.40. The van der Waals surface area contributed by atoms with Crippen LogP contribution in [0.3, 0.4) is 0 Å². The molecule has 31 heavy (non-hydrogen) atoms. The number of halogens is 1. The second kappa shape index (κ2) is 11.0. The van der Waals surface area contributed by atoms with Crippen molar-refractivity contribution in [1.29, 1.82) is 0 Å². The lowest BCUT2D eigenvalue weighted by atomic mass is 9.96. The van der Waals surface area contributed by atoms with Gasteiger partial charge < -0.3 is 15.5 Å². The average molecular weight is 532 g/mol. The van der Waals surface area contributed by atoms with Crippen LogP contribution in [0.15, 0.2) is 59.6 Å². The van der Waals surface area contributed by atoms with Crippen molar-refractivity contribution in [3.63, 3.8) is 0 Å². The van der Waals surface area contributed by atoms with Crippen molar-refractivity contribution in [2.45, 2.75) is 44.1 Å². The van der Waals surface area contributed by atoms with Gasteiger partial charge in [-0.05, 0) is 55.4 Å². The lowest BCUT2D eigenvalue weighted by molar-refractivity contribution is 0.0724. The van der Waals surface area contributed by atoms with E-state index < -0.39 is 0 Å². The first-order chi connectivity index (χ1) is 14.7. The van der Waals surface area contributed by atoms with E-state index >= 15 is 0 Å². The molecule has 2 aromatic carbocycles. The minimum absolute atomic E-state index is 0. The first kappa shape index (κ1) is 23.6. The second-order valence-electron chi connectivity index (χ2n) is 8.48. The van der Waals surface area contributed by atoms with Gasteiger partial charge in [-0.15, -0.1) is 24.0 Å². The Morgan fingerprint density at radius 3 is 2.26 bits per heavy atom. The number of rotatable bonds is 6. The van der Waals surface area contributed by atoms with Crippen LogP contribution in [0.25, 0.3) is 0 Å². The second-order valence-corrected chi connectivity index (χ2v) is 8.48. The summed E-state index contributed by atoms with van der Waals surface area (Å²) in [6.45, 7) is 3.33. The fourth-order valence-electron chi connectivity index (χ4n) is 4.21. The van der Waals surface area contributed by atoms with Crippen LogP contribution in [0.2, 0.25) is 0 Å². The third-order valence-corrected chi connectivity index (χ3v) is 6.36. The van der Waals surface area contributed by atoms with Crippen LogP contribution in [-0.2, 0) is 12.0 Å². The molecule has 6 heteroatoms. The molecule has 0 bridgehead atoms. The normalized spacial score (nSPS) is 17.5. The summed E-state index contributed by atoms with van der Waals surface area (Å²) >= 11 is 0. The van der Waals surface area contributed by atoms with Crippen LogP contribution < -0.4 is 10.6 Å². The number of aliphatic imine (C=N–C) groups is 1. The maximum atomic E-state index is 12.6. The Hall–Kier alpha value is -2.09. The maximum Gasteiger partial charge on any atom is 0.253 e. The van der Waals surface area contributed by atoms with Crippen LogP contribution in [-0.4, -0.2) is 43.4 Å². The molecular formula is C25H33IN4O. The number of guanidine groups is 1. The molecule has 2 fully saturated rings. The molecule has 2 aromatic rings. The van der Waals surface area contributed by atoms with Crippen molar-refractivity contribution in [3.05, 3.63) is 71.3 Å². The van der Waals surface area contributed by atoms with E-state index in [-0.39, 0.29) is 35.3 Å². The highest BCUT2D eigenvalue weighted by Gasteiger charge is 2.43. The Morgan fingerprint density at radius 2 is 1.65 bits per heavy atom. The molecule has 1 saturated heterocycles. The highest BCUT2D eigenvalue weighted by molar-refractivity contribution is 14.0. The predicted molar refractivity (Wildman–Crippen MR) is 137 cm³/mol. The topological polar surface area (TPSA) is 56.7 Å². The van der Waals surface area contributed by atoms with E-state index in [1.165, 1.54) is 24.8 Å². The SMILES string of the molecule is CN=C(NCc1ccc(C(=O)N2CCCCC2)cc1)NCC1(c2ccccc2)CC1.I. The fourth-order valence-corrected chi connectivity index (χ4v) is 4.21. The number of carbonyl (C=O) groups excluding carboxylic acids is 1. The monoisotopic (exact) mass is 532 g/mol. The van der Waals surface area contributed by atoms with Gasteiger partial charge >= 0.3 is 0 Å². The van der Waals surface area contributed by atoms with Crippen molar-refractivity contribution in [2.75, 3.05) is 26.7 Å². The Morgan fingerprint density at radius 1 is 0.968 bits per heavy atom. The summed E-state index contributed by atoms with van der Waals surface area (Å²) in [5.74, 6) is 0.966. The van der Waals surface area contributed by atoms with Crippen molar-refractivity contribution in [3.8, 4) is 0 Å². The zero-order chi connectivity index (χ0) is 20.8. The molecule has 1 saturated carbocycles. The molecule has 0 radical (unpaired) electrons. The highest BCUT2D eigenvalue weighted by Crippen LogP contribution is 2.47. The zero-order valence-corrected chi connectivity index (χ0v) is 20.6. The average Bonchev–Trinajstić information content (AvgIpc) is 3.61. The molecule has 0 spiro atoms. The van der Waals surface area contributed by atoms with E-state index in [4.69, 9.17) is 0 Å². The van der Waals surface area contributed by atoms with Crippen LogP contribution in [0.1, 0.15) is 53.6 Å². The third kappa shape index (κ3) is 5.99. The molecule has 1 aliphatic carbocycles. The van der Waals surface area contributed by atoms with Gasteiger partial charge in [0.15, 0.2) is 5.96 Å². The number of nitrogens with one attached hydrogen (secondary N) is 2. The zero-order valence-electron chi connectivity index (χ0n) is 18.3. The van der Waals surface area contributed by atoms with Crippen molar-refractivity contribution in [1.82, 2.24) is 15.5 Å². The van der Waals surface area contributed by atoms with E-state index in [2.05, 4.69) is 46.0 Å². The molecule has 1 aliphatic heterocycles. The van der Waals surface area contributed by atoms with E-state index in [0.717, 1.165) is 49.6 Å². The summed E-state index contributed by atoms with van der Waals surface area (Å²) in [4.78, 5) is 19.0. The number of piperidine rings is 1. The van der Waals surface area contributed by atoms with Crippen LogP contribution >= 0.6 is 24.0 Å². The molecule has 0 aromatic heterocycles. The van der Waals surface area contributed by atoms with Crippen LogP contribution in [0.5, 0.6) is 0 Å². The standard InChI is InChI=1S/C25H32N4O.HI/c1-26-24(28-19-25(14-15-25)22-8-4-2-5-9-22)27-18-20-10-12-21(13-11-20)23(30)29-16-6-3-7-17-29;/h2,4-5,8-13H,3,6-7,14-19H2,1H3,(H2,26,27,28);1H. The van der Waals surface area contributed by atoms with Gasteiger partial charge in [-0.25, -0.2) is 0 Å². The van der Waals surface area contributed by atoms with E-state index in [9.17, 15) is 4.79 Å². The van der Waals surface area contributed by atoms with E-state index in [0.29, 0.717) is 6.54 Å². The van der Waals surface area contributed by atoms with Gasteiger partial charge in [0.05, 0.1) is 0 Å². The molecule has 2 aliphatic rings. The highest BCUT2D eigenvalue weighted by atomic mass is 127. The first-order valence-corrected chi connectivity index (χ1v) is 11.1. The molecule has 2 N–H and O–H groups in total. The number of nitrogens with zero attached hydrogens (tertiary/aromatic N) is 2. The molecule has 1 amide bonds. The quantitative estimate of drug-likeness (QED) is 0.331. The molecule has 4 rings (SSSR count).